The molecule has 0 bridgehead atoms. The first-order valence-electron chi connectivity index (χ1n) is 5.91. The molecule has 0 radical (unpaired) electrons. The van der Waals surface area contributed by atoms with Crippen LogP contribution in [0.3, 0.4) is 0 Å². The van der Waals surface area contributed by atoms with Crippen molar-refractivity contribution in [3.8, 4) is 0 Å². The molecule has 1 aliphatic heterocycles. The molecule has 0 aromatic carbocycles. The molecular formula is C11H13N5O2. The summed E-state index contributed by atoms with van der Waals surface area (Å²) in [6.07, 6.45) is 4.52. The maximum atomic E-state index is 11.8. The van der Waals surface area contributed by atoms with Crippen LogP contribution in [0.25, 0.3) is 0 Å². The summed E-state index contributed by atoms with van der Waals surface area (Å²) >= 11 is 0. The van der Waals surface area contributed by atoms with Crippen molar-refractivity contribution in [3.05, 3.63) is 29.3 Å². The molecule has 0 saturated heterocycles. The topological polar surface area (TPSA) is 85.7 Å². The van der Waals surface area contributed by atoms with E-state index in [1.807, 2.05) is 12.3 Å². The highest BCUT2D eigenvalue weighted by Crippen LogP contribution is 2.18. The van der Waals surface area contributed by atoms with Crippen molar-refractivity contribution in [1.82, 2.24) is 25.2 Å². The van der Waals surface area contributed by atoms with Crippen LogP contribution in [-0.2, 0) is 24.1 Å². The Balaban J connectivity index is 1.54. The van der Waals surface area contributed by atoms with Gasteiger partial charge >= 0.3 is 5.97 Å². The smallest absolute Gasteiger partial charge is 0.339 e. The molecule has 3 rings (SSSR count). The number of hydrogen-bond acceptors (Lipinski definition) is 5. The number of aromatic amines is 1. The fraction of sp³-hybridized carbons (Fsp3) is 0.455. The van der Waals surface area contributed by atoms with E-state index < -0.39 is 0 Å². The van der Waals surface area contributed by atoms with Gasteiger partial charge in [0.25, 0.3) is 0 Å². The zero-order chi connectivity index (χ0) is 12.4. The second-order valence-corrected chi connectivity index (χ2v) is 4.23. The van der Waals surface area contributed by atoms with Gasteiger partial charge in [-0.15, -0.1) is 10.2 Å². The summed E-state index contributed by atoms with van der Waals surface area (Å²) < 4.78 is 7.27. The molecule has 7 heteroatoms. The van der Waals surface area contributed by atoms with E-state index in [2.05, 4.69) is 25.2 Å². The van der Waals surface area contributed by atoms with Gasteiger partial charge < -0.3 is 9.30 Å². The van der Waals surface area contributed by atoms with Gasteiger partial charge in [-0.25, -0.2) is 4.79 Å². The van der Waals surface area contributed by atoms with Crippen molar-refractivity contribution in [2.24, 2.45) is 0 Å². The molecule has 18 heavy (non-hydrogen) atoms. The number of hydrogen-bond donors (Lipinski definition) is 1. The normalized spacial score (nSPS) is 13.6. The van der Waals surface area contributed by atoms with Crippen molar-refractivity contribution in [1.29, 1.82) is 0 Å². The van der Waals surface area contributed by atoms with Gasteiger partial charge in [0.05, 0.1) is 12.2 Å². The fourth-order valence-electron chi connectivity index (χ4n) is 2.12. The first-order valence-corrected chi connectivity index (χ1v) is 5.91. The maximum Gasteiger partial charge on any atom is 0.339 e. The first kappa shape index (κ1) is 10.9. The number of aromatic nitrogens is 5. The lowest BCUT2D eigenvalue weighted by atomic mass is 10.2. The SMILES string of the molecule is O=C(OCCc1nn[nH]n1)c1cc2n(c1)CCC2. The Labute approximate surface area is 103 Å². The highest BCUT2D eigenvalue weighted by Gasteiger charge is 2.16. The first-order chi connectivity index (χ1) is 8.83. The third kappa shape index (κ3) is 2.11. The van der Waals surface area contributed by atoms with E-state index in [1.165, 1.54) is 5.69 Å². The van der Waals surface area contributed by atoms with Crippen LogP contribution >= 0.6 is 0 Å². The Hall–Kier alpha value is -2.18. The number of nitrogens with one attached hydrogen (secondary N) is 1. The Kier molecular flexibility index (Phi) is 2.79. The Morgan fingerprint density at radius 1 is 1.56 bits per heavy atom. The van der Waals surface area contributed by atoms with Crippen LogP contribution < -0.4 is 0 Å². The van der Waals surface area contributed by atoms with Crippen LogP contribution in [0.5, 0.6) is 0 Å². The van der Waals surface area contributed by atoms with Crippen LogP contribution in [0.2, 0.25) is 0 Å². The van der Waals surface area contributed by atoms with Gasteiger partial charge in [0.15, 0.2) is 5.82 Å². The molecule has 0 atom stereocenters. The lowest BCUT2D eigenvalue weighted by Crippen LogP contribution is -2.08. The molecule has 0 fully saturated rings. The number of H-pyrrole nitrogens is 1. The van der Waals surface area contributed by atoms with E-state index in [9.17, 15) is 4.79 Å². The van der Waals surface area contributed by atoms with Crippen LogP contribution in [0, 0.1) is 0 Å². The van der Waals surface area contributed by atoms with Gasteiger partial charge in [0.2, 0.25) is 0 Å². The molecule has 0 saturated carbocycles. The lowest BCUT2D eigenvalue weighted by molar-refractivity contribution is 0.0507. The summed E-state index contributed by atoms with van der Waals surface area (Å²) in [6.45, 7) is 1.25. The van der Waals surface area contributed by atoms with Crippen molar-refractivity contribution < 1.29 is 9.53 Å². The average Bonchev–Trinajstić information content (AvgIpc) is 3.04. The molecule has 3 heterocycles. The minimum atomic E-state index is -0.291. The monoisotopic (exact) mass is 247 g/mol. The zero-order valence-electron chi connectivity index (χ0n) is 9.80. The number of rotatable bonds is 4. The third-order valence-electron chi connectivity index (χ3n) is 3.00. The molecular weight excluding hydrogens is 234 g/mol. The number of tetrazole rings is 1. The molecule has 0 unspecified atom stereocenters. The van der Waals surface area contributed by atoms with Gasteiger partial charge in [-0.05, 0) is 18.9 Å². The molecule has 0 spiro atoms. The van der Waals surface area contributed by atoms with E-state index in [0.717, 1.165) is 19.4 Å². The van der Waals surface area contributed by atoms with Crippen molar-refractivity contribution >= 4 is 5.97 Å². The summed E-state index contributed by atoms with van der Waals surface area (Å²) in [6, 6.07) is 1.91. The second kappa shape index (κ2) is 4.59. The van der Waals surface area contributed by atoms with E-state index in [4.69, 9.17) is 4.74 Å². The Morgan fingerprint density at radius 2 is 2.50 bits per heavy atom. The number of carbonyl (C=O) groups is 1. The second-order valence-electron chi connectivity index (χ2n) is 4.23. The van der Waals surface area contributed by atoms with Crippen molar-refractivity contribution in [2.75, 3.05) is 6.61 Å². The summed E-state index contributed by atoms with van der Waals surface area (Å²) in [5.41, 5.74) is 1.83. The predicted octanol–water partition coefficient (Wildman–Crippen LogP) is 0.347. The van der Waals surface area contributed by atoms with Crippen molar-refractivity contribution in [3.63, 3.8) is 0 Å². The highest BCUT2D eigenvalue weighted by molar-refractivity contribution is 5.89. The average molecular weight is 247 g/mol. The summed E-state index contributed by atoms with van der Waals surface area (Å²) in [5.74, 6) is 0.252. The van der Waals surface area contributed by atoms with Gasteiger partial charge in [-0.1, -0.05) is 5.21 Å². The summed E-state index contributed by atoms with van der Waals surface area (Å²) in [5, 5.41) is 13.4. The minimum Gasteiger partial charge on any atom is -0.462 e. The van der Waals surface area contributed by atoms with Gasteiger partial charge in [0, 0.05) is 24.9 Å². The molecule has 94 valence electrons. The predicted molar refractivity (Wildman–Crippen MR) is 60.9 cm³/mol. The molecule has 1 N–H and O–H groups in total. The lowest BCUT2D eigenvalue weighted by Gasteiger charge is -2.00. The molecule has 7 nitrogen and oxygen atoms in total. The standard InChI is InChI=1S/C11H13N5O2/c17-11(18-5-3-10-12-14-15-13-10)8-6-9-2-1-4-16(9)7-8/h6-7H,1-5H2,(H,12,13,14,15). The Morgan fingerprint density at radius 3 is 3.28 bits per heavy atom. The van der Waals surface area contributed by atoms with Gasteiger partial charge in [0.1, 0.15) is 0 Å². The summed E-state index contributed by atoms with van der Waals surface area (Å²) in [4.78, 5) is 11.8. The summed E-state index contributed by atoms with van der Waals surface area (Å²) in [7, 11) is 0. The van der Waals surface area contributed by atoms with E-state index in [0.29, 0.717) is 17.8 Å². The fourth-order valence-corrected chi connectivity index (χ4v) is 2.12. The molecule has 2 aromatic rings. The van der Waals surface area contributed by atoms with Crippen molar-refractivity contribution in [2.45, 2.75) is 25.8 Å². The number of esters is 1. The molecule has 1 aliphatic rings. The molecule has 0 aliphatic carbocycles. The minimum absolute atomic E-state index is 0.263. The van der Waals surface area contributed by atoms with Crippen LogP contribution in [0.15, 0.2) is 12.3 Å². The van der Waals surface area contributed by atoms with Gasteiger partial charge in [-0.3, -0.25) is 0 Å². The van der Waals surface area contributed by atoms with E-state index in [-0.39, 0.29) is 12.6 Å². The van der Waals surface area contributed by atoms with Crippen LogP contribution in [0.4, 0.5) is 0 Å². The number of fused-ring (bicyclic) bond motifs is 1. The number of nitrogens with zero attached hydrogens (tertiary/aromatic N) is 4. The maximum absolute atomic E-state index is 11.8. The van der Waals surface area contributed by atoms with Gasteiger partial charge in [-0.2, -0.15) is 5.21 Å². The number of aryl methyl sites for hydroxylation is 2. The van der Waals surface area contributed by atoms with Crippen LogP contribution in [-0.4, -0.2) is 37.8 Å². The zero-order valence-corrected chi connectivity index (χ0v) is 9.80. The third-order valence-corrected chi connectivity index (χ3v) is 3.00. The quantitative estimate of drug-likeness (QED) is 0.788. The number of carbonyl (C=O) groups excluding carboxylic acids is 1. The largest absolute Gasteiger partial charge is 0.462 e. The van der Waals surface area contributed by atoms with E-state index in [1.54, 1.807) is 0 Å². The highest BCUT2D eigenvalue weighted by atomic mass is 16.5. The molecule has 0 amide bonds. The Bertz CT molecular complexity index is 524. The van der Waals surface area contributed by atoms with Crippen LogP contribution in [0.1, 0.15) is 28.3 Å². The molecule has 2 aromatic heterocycles. The van der Waals surface area contributed by atoms with E-state index >= 15 is 0 Å². The number of ether oxygens (including phenoxy) is 1.